The molecule has 0 spiro atoms. The number of allylic oxidation sites excluding steroid dienone is 2. The van der Waals surface area contributed by atoms with E-state index in [0.29, 0.717) is 35.2 Å². The zero-order chi connectivity index (χ0) is 43.8. The minimum atomic E-state index is -0.414. The average Bonchev–Trinajstić information content (AvgIpc) is 3.31. The van der Waals surface area contributed by atoms with E-state index in [-0.39, 0.29) is 24.3 Å². The van der Waals surface area contributed by atoms with Crippen molar-refractivity contribution < 1.29 is 28.5 Å². The number of carbonyl (C=O) groups excluding carboxylic acids is 2. The molecule has 0 saturated heterocycles. The van der Waals surface area contributed by atoms with Crippen molar-refractivity contribution in [3.63, 3.8) is 0 Å². The summed E-state index contributed by atoms with van der Waals surface area (Å²) in [6, 6.07) is 2.43. The molecular weight excluding hydrogens is 783 g/mol. The van der Waals surface area contributed by atoms with Gasteiger partial charge in [-0.3, -0.25) is 9.69 Å². The van der Waals surface area contributed by atoms with E-state index in [9.17, 15) is 9.59 Å². The first kappa shape index (κ1) is 47.9. The molecule has 0 heterocycles. The Morgan fingerprint density at radius 1 is 0.476 bits per heavy atom. The molecule has 0 amide bonds. The first-order chi connectivity index (χ1) is 30.7. The van der Waals surface area contributed by atoms with Crippen molar-refractivity contribution in [1.29, 1.82) is 0 Å². The number of carbonyl (C=O) groups is 2. The maximum absolute atomic E-state index is 13.4. The zero-order valence-electron chi connectivity index (χ0n) is 40.9. The van der Waals surface area contributed by atoms with Crippen molar-refractivity contribution in [2.75, 3.05) is 7.11 Å². The molecule has 0 unspecified atom stereocenters. The van der Waals surface area contributed by atoms with Crippen LogP contribution in [0.25, 0.3) is 0 Å². The molecule has 8 aliphatic rings. The van der Waals surface area contributed by atoms with Gasteiger partial charge >= 0.3 is 12.1 Å². The van der Waals surface area contributed by atoms with Gasteiger partial charge in [0.2, 0.25) is 0 Å². The molecule has 8 fully saturated rings. The second-order valence-electron chi connectivity index (χ2n) is 23.5. The highest BCUT2D eigenvalue weighted by atomic mass is 16.7. The van der Waals surface area contributed by atoms with E-state index in [2.05, 4.69) is 24.8 Å². The molecule has 0 aliphatic heterocycles. The highest BCUT2D eigenvalue weighted by Crippen LogP contribution is 2.57. The Labute approximate surface area is 385 Å². The second-order valence-corrected chi connectivity index (χ2v) is 23.5. The fourth-order valence-electron chi connectivity index (χ4n) is 16.0. The van der Waals surface area contributed by atoms with Gasteiger partial charge in [-0.15, -0.1) is 0 Å². The van der Waals surface area contributed by atoms with Crippen LogP contribution in [0.2, 0.25) is 0 Å². The van der Waals surface area contributed by atoms with Crippen molar-refractivity contribution in [2.24, 2.45) is 46.8 Å². The summed E-state index contributed by atoms with van der Waals surface area (Å²) in [6.45, 7) is 6.51. The molecule has 0 radical (unpaired) electrons. The third-order valence-corrected chi connectivity index (χ3v) is 19.6. The van der Waals surface area contributed by atoms with Crippen LogP contribution < -0.4 is 0 Å². The molecule has 0 aromatic heterocycles. The van der Waals surface area contributed by atoms with E-state index < -0.39 is 6.16 Å². The Balaban J connectivity index is 0.822. The number of esters is 1. The number of ether oxygens (including phenoxy) is 4. The molecule has 0 aromatic rings. The number of nitrogens with zero attached hydrogens (tertiary/aromatic N) is 1. The second kappa shape index (κ2) is 22.9. The summed E-state index contributed by atoms with van der Waals surface area (Å²) in [5.74, 6) is 5.16. The summed E-state index contributed by atoms with van der Waals surface area (Å²) >= 11 is 0. The lowest BCUT2D eigenvalue weighted by Crippen LogP contribution is -2.52. The number of methoxy groups -OCH3 is 1. The van der Waals surface area contributed by atoms with Crippen LogP contribution in [0.5, 0.6) is 0 Å². The first-order valence-corrected chi connectivity index (χ1v) is 27.7. The minimum absolute atomic E-state index is 0.0119. The van der Waals surface area contributed by atoms with Crippen molar-refractivity contribution >= 4 is 12.1 Å². The van der Waals surface area contributed by atoms with Gasteiger partial charge in [0.1, 0.15) is 18.3 Å². The van der Waals surface area contributed by atoms with E-state index in [1.165, 1.54) is 148 Å². The lowest BCUT2D eigenvalue weighted by atomic mass is 9.53. The van der Waals surface area contributed by atoms with Crippen molar-refractivity contribution in [3.8, 4) is 0 Å². The van der Waals surface area contributed by atoms with Gasteiger partial charge in [0, 0.05) is 32.2 Å². The molecule has 0 atom stereocenters. The number of hydrogen-bond donors (Lipinski definition) is 0. The van der Waals surface area contributed by atoms with Crippen molar-refractivity contribution in [2.45, 2.75) is 275 Å². The quantitative estimate of drug-likeness (QED) is 0.143. The standard InChI is InChI=1S/C56H93NO6/c1-39-8-22-47(23-9-39)57(48-24-10-40(2)11-25-48)49-26-12-42(13-27-49)38-54(43-14-28-50(60-4)29-15-43)44-16-30-52(31-17-44)62-55(59)63-53-34-20-46(21-35-53)56(36-6-5-7-37-56)45-18-32-51(33-19-45)61-41(3)58/h38-40,42-53H,5-37H2,1-4H3. The van der Waals surface area contributed by atoms with Gasteiger partial charge in [-0.05, 0) is 239 Å². The third-order valence-electron chi connectivity index (χ3n) is 19.6. The fraction of sp³-hybridized carbons (Fsp3) is 0.929. The Bertz CT molecular complexity index is 1390. The van der Waals surface area contributed by atoms with Crippen LogP contribution in [0.4, 0.5) is 4.79 Å². The summed E-state index contributed by atoms with van der Waals surface area (Å²) < 4.78 is 23.7. The molecule has 7 nitrogen and oxygen atoms in total. The molecule has 0 aromatic carbocycles. The van der Waals surface area contributed by atoms with Gasteiger partial charge in [0.05, 0.1) is 6.10 Å². The fourth-order valence-corrected chi connectivity index (χ4v) is 16.0. The lowest BCUT2D eigenvalue weighted by Gasteiger charge is -2.52. The van der Waals surface area contributed by atoms with Crippen LogP contribution in [0.1, 0.15) is 233 Å². The van der Waals surface area contributed by atoms with Crippen molar-refractivity contribution in [1.82, 2.24) is 4.90 Å². The molecule has 0 bridgehead atoms. The number of rotatable bonds is 12. The van der Waals surface area contributed by atoms with Gasteiger partial charge in [0.15, 0.2) is 0 Å². The number of hydrogen-bond acceptors (Lipinski definition) is 7. The van der Waals surface area contributed by atoms with Gasteiger partial charge in [-0.2, -0.15) is 0 Å². The molecule has 63 heavy (non-hydrogen) atoms. The van der Waals surface area contributed by atoms with Crippen LogP contribution in [0, 0.1) is 46.8 Å². The van der Waals surface area contributed by atoms with Gasteiger partial charge in [-0.25, -0.2) is 4.79 Å². The molecule has 8 rings (SSSR count). The maximum atomic E-state index is 13.4. The Hall–Kier alpha value is -1.60. The highest BCUT2D eigenvalue weighted by molar-refractivity contribution is 5.66. The predicted octanol–water partition coefficient (Wildman–Crippen LogP) is 14.5. The molecule has 8 aliphatic carbocycles. The first-order valence-electron chi connectivity index (χ1n) is 27.7. The van der Waals surface area contributed by atoms with Crippen LogP contribution in [-0.4, -0.2) is 66.7 Å². The summed E-state index contributed by atoms with van der Waals surface area (Å²) in [5, 5.41) is 0. The summed E-state index contributed by atoms with van der Waals surface area (Å²) in [6.07, 6.45) is 44.3. The molecule has 8 saturated carbocycles. The van der Waals surface area contributed by atoms with Crippen LogP contribution in [0.15, 0.2) is 11.6 Å². The largest absolute Gasteiger partial charge is 0.508 e. The smallest absolute Gasteiger partial charge is 0.463 e. The normalized spacial score (nSPS) is 40.7. The van der Waals surface area contributed by atoms with Crippen LogP contribution in [-0.2, 0) is 23.7 Å². The predicted molar refractivity (Wildman–Crippen MR) is 253 cm³/mol. The monoisotopic (exact) mass is 876 g/mol. The minimum Gasteiger partial charge on any atom is -0.463 e. The van der Waals surface area contributed by atoms with E-state index >= 15 is 0 Å². The Morgan fingerprint density at radius 3 is 1.30 bits per heavy atom. The zero-order valence-corrected chi connectivity index (χ0v) is 40.9. The third kappa shape index (κ3) is 12.5. The van der Waals surface area contributed by atoms with Crippen LogP contribution in [0.3, 0.4) is 0 Å². The molecule has 358 valence electrons. The van der Waals surface area contributed by atoms with Crippen LogP contribution >= 0.6 is 0 Å². The average molecular weight is 876 g/mol. The maximum Gasteiger partial charge on any atom is 0.508 e. The van der Waals surface area contributed by atoms with Gasteiger partial charge in [-0.1, -0.05) is 44.8 Å². The summed E-state index contributed by atoms with van der Waals surface area (Å²) in [4.78, 5) is 28.1. The topological polar surface area (TPSA) is 74.3 Å². The van der Waals surface area contributed by atoms with E-state index in [0.717, 1.165) is 100 Å². The molecule has 7 heteroatoms. The highest BCUT2D eigenvalue weighted by Gasteiger charge is 2.48. The Morgan fingerprint density at radius 2 is 0.873 bits per heavy atom. The molecular formula is C56H93NO6. The van der Waals surface area contributed by atoms with E-state index in [1.807, 2.05) is 7.11 Å². The van der Waals surface area contributed by atoms with E-state index in [1.54, 1.807) is 12.5 Å². The SMILES string of the molecule is COC1CCC(C(=CC2CCC(N(C3CCC(C)CC3)C3CCC(C)CC3)CC2)C2CCC(OC(=O)OC3CCC(C4(C5CCC(OC(C)=O)CC5)CCCCC4)CC3)CC2)CC1. The summed E-state index contributed by atoms with van der Waals surface area (Å²) in [7, 11) is 1.90. The molecule has 0 N–H and O–H groups in total. The van der Waals surface area contributed by atoms with Gasteiger partial charge < -0.3 is 18.9 Å². The lowest BCUT2D eigenvalue weighted by molar-refractivity contribution is -0.149. The Kier molecular flexibility index (Phi) is 17.4. The summed E-state index contributed by atoms with van der Waals surface area (Å²) in [5.41, 5.74) is 2.19. The van der Waals surface area contributed by atoms with Crippen molar-refractivity contribution in [3.05, 3.63) is 11.6 Å². The van der Waals surface area contributed by atoms with E-state index in [4.69, 9.17) is 18.9 Å². The van der Waals surface area contributed by atoms with Gasteiger partial charge in [0.25, 0.3) is 0 Å².